The molecule has 0 amide bonds. The van der Waals surface area contributed by atoms with Crippen LogP contribution in [0.2, 0.25) is 0 Å². The Kier molecular flexibility index (Phi) is 4.09. The molecule has 4 heteroatoms. The highest BCUT2D eigenvalue weighted by Crippen LogP contribution is 2.26. The van der Waals surface area contributed by atoms with Crippen molar-refractivity contribution in [2.75, 3.05) is 25.9 Å². The minimum atomic E-state index is 0.684. The molecule has 1 fully saturated rings. The standard InChI is InChI=1S/C12H19N3S/c1-15(11-6-8-14-9-7-11)16-12-4-2-10(13)3-5-12/h2-5,11,14H,6-9,13H2,1H3. The van der Waals surface area contributed by atoms with E-state index in [-0.39, 0.29) is 0 Å². The molecule has 0 unspecified atom stereocenters. The van der Waals surface area contributed by atoms with Crippen LogP contribution in [0.25, 0.3) is 0 Å². The Hall–Kier alpha value is -0.710. The van der Waals surface area contributed by atoms with E-state index in [1.807, 2.05) is 24.1 Å². The van der Waals surface area contributed by atoms with Crippen molar-refractivity contribution in [1.82, 2.24) is 9.62 Å². The van der Waals surface area contributed by atoms with E-state index in [1.54, 1.807) is 0 Å². The van der Waals surface area contributed by atoms with Crippen molar-refractivity contribution >= 4 is 17.6 Å². The average Bonchev–Trinajstić information content (AvgIpc) is 2.33. The molecule has 16 heavy (non-hydrogen) atoms. The maximum absolute atomic E-state index is 5.67. The monoisotopic (exact) mass is 237 g/mol. The molecule has 0 atom stereocenters. The number of rotatable bonds is 3. The number of anilines is 1. The topological polar surface area (TPSA) is 41.3 Å². The third-order valence-corrected chi connectivity index (χ3v) is 4.02. The van der Waals surface area contributed by atoms with Crippen LogP contribution in [-0.2, 0) is 0 Å². The van der Waals surface area contributed by atoms with Gasteiger partial charge in [0.1, 0.15) is 0 Å². The third kappa shape index (κ3) is 3.14. The summed E-state index contributed by atoms with van der Waals surface area (Å²) in [7, 11) is 2.18. The molecule has 1 heterocycles. The molecule has 2 rings (SSSR count). The van der Waals surface area contributed by atoms with Gasteiger partial charge in [0, 0.05) is 16.6 Å². The van der Waals surface area contributed by atoms with Gasteiger partial charge in [0.05, 0.1) is 0 Å². The zero-order valence-electron chi connectivity index (χ0n) is 9.65. The Labute approximate surface area is 102 Å². The SMILES string of the molecule is CN(Sc1ccc(N)cc1)C1CCNCC1. The summed E-state index contributed by atoms with van der Waals surface area (Å²) in [5, 5.41) is 3.39. The fraction of sp³-hybridized carbons (Fsp3) is 0.500. The molecule has 1 aliphatic rings. The van der Waals surface area contributed by atoms with Gasteiger partial charge in [-0.05, 0) is 69.2 Å². The van der Waals surface area contributed by atoms with Gasteiger partial charge in [-0.2, -0.15) is 0 Å². The summed E-state index contributed by atoms with van der Waals surface area (Å²) in [5.74, 6) is 0. The van der Waals surface area contributed by atoms with Crippen molar-refractivity contribution in [2.45, 2.75) is 23.8 Å². The van der Waals surface area contributed by atoms with Gasteiger partial charge in [-0.15, -0.1) is 0 Å². The zero-order valence-corrected chi connectivity index (χ0v) is 10.5. The number of benzene rings is 1. The van der Waals surface area contributed by atoms with Gasteiger partial charge >= 0.3 is 0 Å². The van der Waals surface area contributed by atoms with Crippen molar-refractivity contribution in [3.63, 3.8) is 0 Å². The van der Waals surface area contributed by atoms with Gasteiger partial charge in [0.15, 0.2) is 0 Å². The largest absolute Gasteiger partial charge is 0.399 e. The van der Waals surface area contributed by atoms with E-state index in [1.165, 1.54) is 17.7 Å². The summed E-state index contributed by atoms with van der Waals surface area (Å²) in [6.07, 6.45) is 2.47. The second-order valence-corrected chi connectivity index (χ2v) is 5.42. The Morgan fingerprint density at radius 3 is 2.50 bits per heavy atom. The number of nitrogens with zero attached hydrogens (tertiary/aromatic N) is 1. The van der Waals surface area contributed by atoms with Crippen LogP contribution in [0, 0.1) is 0 Å². The summed E-state index contributed by atoms with van der Waals surface area (Å²) in [5.41, 5.74) is 6.50. The molecular formula is C12H19N3S. The summed E-state index contributed by atoms with van der Waals surface area (Å²) in [4.78, 5) is 1.26. The Bertz CT molecular complexity index is 320. The van der Waals surface area contributed by atoms with Crippen LogP contribution < -0.4 is 11.1 Å². The molecule has 0 aliphatic carbocycles. The third-order valence-electron chi connectivity index (χ3n) is 2.95. The average molecular weight is 237 g/mol. The van der Waals surface area contributed by atoms with Crippen LogP contribution in [0.3, 0.4) is 0 Å². The summed E-state index contributed by atoms with van der Waals surface area (Å²) in [6.45, 7) is 2.27. The fourth-order valence-electron chi connectivity index (χ4n) is 1.94. The Morgan fingerprint density at radius 1 is 1.25 bits per heavy atom. The molecule has 0 saturated carbocycles. The quantitative estimate of drug-likeness (QED) is 0.623. The lowest BCUT2D eigenvalue weighted by Crippen LogP contribution is -2.38. The molecule has 88 valence electrons. The molecule has 1 saturated heterocycles. The highest BCUT2D eigenvalue weighted by molar-refractivity contribution is 7.97. The second-order valence-electron chi connectivity index (χ2n) is 4.19. The van der Waals surface area contributed by atoms with Gasteiger partial charge in [-0.1, -0.05) is 0 Å². The fourth-order valence-corrected chi connectivity index (χ4v) is 2.89. The minimum Gasteiger partial charge on any atom is -0.399 e. The van der Waals surface area contributed by atoms with E-state index in [2.05, 4.69) is 28.8 Å². The van der Waals surface area contributed by atoms with Crippen molar-refractivity contribution in [1.29, 1.82) is 0 Å². The molecule has 0 bridgehead atoms. The molecule has 3 nitrogen and oxygen atoms in total. The van der Waals surface area contributed by atoms with E-state index in [0.717, 1.165) is 18.8 Å². The van der Waals surface area contributed by atoms with Crippen LogP contribution in [-0.4, -0.2) is 30.5 Å². The summed E-state index contributed by atoms with van der Waals surface area (Å²) < 4.78 is 2.37. The first-order valence-electron chi connectivity index (χ1n) is 5.73. The van der Waals surface area contributed by atoms with Crippen molar-refractivity contribution in [2.24, 2.45) is 0 Å². The van der Waals surface area contributed by atoms with Gasteiger partial charge in [0.2, 0.25) is 0 Å². The van der Waals surface area contributed by atoms with Crippen molar-refractivity contribution < 1.29 is 0 Å². The molecular weight excluding hydrogens is 218 g/mol. The second kappa shape index (κ2) is 5.57. The number of hydrogen-bond acceptors (Lipinski definition) is 4. The number of piperidine rings is 1. The Balaban J connectivity index is 1.90. The van der Waals surface area contributed by atoms with Gasteiger partial charge in [-0.25, -0.2) is 4.31 Å². The molecule has 3 N–H and O–H groups in total. The van der Waals surface area contributed by atoms with Gasteiger partial charge < -0.3 is 11.1 Å². The molecule has 0 radical (unpaired) electrons. The lowest BCUT2D eigenvalue weighted by molar-refractivity contribution is 0.317. The molecule has 1 aliphatic heterocycles. The maximum Gasteiger partial charge on any atom is 0.0314 e. The predicted octanol–water partition coefficient (Wildman–Crippen LogP) is 1.96. The van der Waals surface area contributed by atoms with E-state index in [4.69, 9.17) is 5.73 Å². The Morgan fingerprint density at radius 2 is 1.88 bits per heavy atom. The molecule has 0 aromatic heterocycles. The summed E-state index contributed by atoms with van der Waals surface area (Å²) >= 11 is 1.81. The number of nitrogens with one attached hydrogen (secondary N) is 1. The van der Waals surface area contributed by atoms with Crippen LogP contribution in [0.5, 0.6) is 0 Å². The van der Waals surface area contributed by atoms with E-state index >= 15 is 0 Å². The van der Waals surface area contributed by atoms with Crippen LogP contribution in [0.15, 0.2) is 29.2 Å². The molecule has 1 aromatic carbocycles. The highest BCUT2D eigenvalue weighted by atomic mass is 32.2. The van der Waals surface area contributed by atoms with Crippen LogP contribution in [0.1, 0.15) is 12.8 Å². The normalized spacial score (nSPS) is 17.9. The zero-order chi connectivity index (χ0) is 11.4. The first kappa shape index (κ1) is 11.8. The lowest BCUT2D eigenvalue weighted by atomic mass is 10.1. The van der Waals surface area contributed by atoms with E-state index in [9.17, 15) is 0 Å². The minimum absolute atomic E-state index is 0.684. The number of nitrogens with two attached hydrogens (primary N) is 1. The maximum atomic E-state index is 5.67. The van der Waals surface area contributed by atoms with E-state index < -0.39 is 0 Å². The molecule has 0 spiro atoms. The first-order chi connectivity index (χ1) is 7.75. The lowest BCUT2D eigenvalue weighted by Gasteiger charge is -2.30. The van der Waals surface area contributed by atoms with Crippen molar-refractivity contribution in [3.8, 4) is 0 Å². The van der Waals surface area contributed by atoms with Crippen molar-refractivity contribution in [3.05, 3.63) is 24.3 Å². The number of hydrogen-bond donors (Lipinski definition) is 2. The van der Waals surface area contributed by atoms with Crippen LogP contribution in [0.4, 0.5) is 5.69 Å². The first-order valence-corrected chi connectivity index (χ1v) is 6.50. The molecule has 1 aromatic rings. The smallest absolute Gasteiger partial charge is 0.0314 e. The van der Waals surface area contributed by atoms with Gasteiger partial charge in [0.25, 0.3) is 0 Å². The number of nitrogen functional groups attached to an aromatic ring is 1. The predicted molar refractivity (Wildman–Crippen MR) is 70.4 cm³/mol. The summed E-state index contributed by atoms with van der Waals surface area (Å²) in [6, 6.07) is 8.76. The van der Waals surface area contributed by atoms with E-state index in [0.29, 0.717) is 6.04 Å². The van der Waals surface area contributed by atoms with Crippen LogP contribution >= 0.6 is 11.9 Å². The highest BCUT2D eigenvalue weighted by Gasteiger charge is 2.18. The van der Waals surface area contributed by atoms with Gasteiger partial charge in [-0.3, -0.25) is 0 Å².